The molecule has 2 N–H and O–H groups in total. The number of thiocarbonyl (C=S) groups is 1. The van der Waals surface area contributed by atoms with Gasteiger partial charge in [0.2, 0.25) is 0 Å². The molecule has 1 saturated heterocycles. The fraction of sp³-hybridized carbons (Fsp3) is 0.261. The molecule has 8 nitrogen and oxygen atoms in total. The summed E-state index contributed by atoms with van der Waals surface area (Å²) in [7, 11) is 1.50. The normalized spacial score (nSPS) is 13.3. The van der Waals surface area contributed by atoms with Crippen molar-refractivity contribution in [1.82, 2.24) is 10.6 Å². The van der Waals surface area contributed by atoms with Crippen molar-refractivity contribution < 1.29 is 28.5 Å². The average molecular weight is 535 g/mol. The molecule has 0 aliphatic carbocycles. The monoisotopic (exact) mass is 534 g/mol. The minimum Gasteiger partial charge on any atom is -0.493 e. The van der Waals surface area contributed by atoms with Crippen LogP contribution in [-0.4, -0.2) is 50.5 Å². The van der Waals surface area contributed by atoms with Gasteiger partial charge in [-0.25, -0.2) is 0 Å². The summed E-state index contributed by atoms with van der Waals surface area (Å²) in [4.78, 5) is 24.1. The number of carbonyl (C=O) groups excluding carboxylic acids is 2. The fourth-order valence-corrected chi connectivity index (χ4v) is 3.72. The fourth-order valence-electron chi connectivity index (χ4n) is 2.96. The molecule has 2 aromatic carbocycles. The molecule has 0 aromatic heterocycles. The summed E-state index contributed by atoms with van der Waals surface area (Å²) in [5.41, 5.74) is 1.65. The maximum atomic E-state index is 12.1. The predicted molar refractivity (Wildman–Crippen MR) is 131 cm³/mol. The molecule has 0 unspecified atom stereocenters. The van der Waals surface area contributed by atoms with E-state index in [0.717, 1.165) is 11.3 Å². The molecular formula is C23H23BrN2O6S. The zero-order chi connectivity index (χ0) is 23.8. The molecule has 0 spiro atoms. The Kier molecular flexibility index (Phi) is 8.81. The summed E-state index contributed by atoms with van der Waals surface area (Å²) in [6.07, 6.45) is 1.45. The Morgan fingerprint density at radius 3 is 2.36 bits per heavy atom. The van der Waals surface area contributed by atoms with Crippen LogP contribution in [0.2, 0.25) is 0 Å². The molecule has 0 radical (unpaired) electrons. The van der Waals surface area contributed by atoms with Crippen molar-refractivity contribution in [3.8, 4) is 17.2 Å². The first-order valence-electron chi connectivity index (χ1n) is 10.0. The van der Waals surface area contributed by atoms with E-state index >= 15 is 0 Å². The highest BCUT2D eigenvalue weighted by atomic mass is 79.9. The summed E-state index contributed by atoms with van der Waals surface area (Å²) < 4.78 is 23.0. The first-order chi connectivity index (χ1) is 15.9. The molecule has 0 atom stereocenters. The van der Waals surface area contributed by atoms with Gasteiger partial charge in [-0.15, -0.1) is 0 Å². The molecule has 0 bridgehead atoms. The third kappa shape index (κ3) is 7.01. The van der Waals surface area contributed by atoms with Crippen LogP contribution in [0, 0.1) is 6.92 Å². The third-order valence-electron chi connectivity index (χ3n) is 4.47. The molecule has 0 saturated carbocycles. The van der Waals surface area contributed by atoms with Crippen molar-refractivity contribution in [2.45, 2.75) is 6.92 Å². The SMILES string of the molecule is COc1cc(C=C2C(=O)NC(=S)NC2=O)cc(Br)c1OCCOCCOc1cccc(C)c1. The van der Waals surface area contributed by atoms with E-state index in [1.165, 1.54) is 13.2 Å². The highest BCUT2D eigenvalue weighted by Crippen LogP contribution is 2.37. The second-order valence-electron chi connectivity index (χ2n) is 6.96. The predicted octanol–water partition coefficient (Wildman–Crippen LogP) is 3.15. The van der Waals surface area contributed by atoms with E-state index in [4.69, 9.17) is 31.2 Å². The van der Waals surface area contributed by atoms with E-state index in [0.29, 0.717) is 48.0 Å². The molecule has 174 valence electrons. The van der Waals surface area contributed by atoms with Gasteiger partial charge < -0.3 is 18.9 Å². The lowest BCUT2D eigenvalue weighted by atomic mass is 10.1. The molecular weight excluding hydrogens is 512 g/mol. The van der Waals surface area contributed by atoms with Gasteiger partial charge in [0.15, 0.2) is 16.6 Å². The maximum absolute atomic E-state index is 12.1. The quantitative estimate of drug-likeness (QED) is 0.209. The first kappa shape index (κ1) is 24.7. The zero-order valence-electron chi connectivity index (χ0n) is 18.1. The maximum Gasteiger partial charge on any atom is 0.263 e. The molecule has 33 heavy (non-hydrogen) atoms. The average Bonchev–Trinajstić information content (AvgIpc) is 2.76. The third-order valence-corrected chi connectivity index (χ3v) is 5.26. The van der Waals surface area contributed by atoms with Crippen LogP contribution < -0.4 is 24.8 Å². The Bertz CT molecular complexity index is 1070. The lowest BCUT2D eigenvalue weighted by Gasteiger charge is -2.17. The number of nitrogens with one attached hydrogen (secondary N) is 2. The Labute approximate surface area is 205 Å². The molecule has 1 heterocycles. The summed E-state index contributed by atoms with van der Waals surface area (Å²) in [6, 6.07) is 11.2. The van der Waals surface area contributed by atoms with Gasteiger partial charge in [0.05, 0.1) is 24.8 Å². The van der Waals surface area contributed by atoms with E-state index in [1.807, 2.05) is 31.2 Å². The summed E-state index contributed by atoms with van der Waals surface area (Å²) in [5.74, 6) is 0.596. The first-order valence-corrected chi connectivity index (χ1v) is 11.2. The highest BCUT2D eigenvalue weighted by molar-refractivity contribution is 9.10. The molecule has 1 fully saturated rings. The zero-order valence-corrected chi connectivity index (χ0v) is 20.5. The van der Waals surface area contributed by atoms with Gasteiger partial charge in [-0.3, -0.25) is 20.2 Å². The van der Waals surface area contributed by atoms with Crippen LogP contribution in [0.3, 0.4) is 0 Å². The molecule has 3 rings (SSSR count). The van der Waals surface area contributed by atoms with Gasteiger partial charge in [-0.05, 0) is 76.5 Å². The van der Waals surface area contributed by atoms with Crippen molar-refractivity contribution in [2.24, 2.45) is 0 Å². The van der Waals surface area contributed by atoms with E-state index in [9.17, 15) is 9.59 Å². The topological polar surface area (TPSA) is 95.1 Å². The number of carbonyl (C=O) groups is 2. The second-order valence-corrected chi connectivity index (χ2v) is 8.22. The highest BCUT2D eigenvalue weighted by Gasteiger charge is 2.26. The van der Waals surface area contributed by atoms with Crippen LogP contribution >= 0.6 is 28.1 Å². The van der Waals surface area contributed by atoms with Crippen LogP contribution in [0.4, 0.5) is 0 Å². The second kappa shape index (κ2) is 11.8. The van der Waals surface area contributed by atoms with Gasteiger partial charge in [-0.1, -0.05) is 12.1 Å². The Balaban J connectivity index is 1.52. The van der Waals surface area contributed by atoms with E-state index < -0.39 is 11.8 Å². The number of benzene rings is 2. The van der Waals surface area contributed by atoms with Gasteiger partial charge in [0.25, 0.3) is 11.8 Å². The van der Waals surface area contributed by atoms with Gasteiger partial charge in [0.1, 0.15) is 24.5 Å². The van der Waals surface area contributed by atoms with Crippen molar-refractivity contribution in [2.75, 3.05) is 33.5 Å². The standard InChI is InChI=1S/C23H23BrN2O6S/c1-14-4-3-5-16(10-14)31-8-6-30-7-9-32-20-18(24)12-15(13-19(20)29-2)11-17-21(27)25-23(33)26-22(17)28/h3-5,10-13H,6-9H2,1-2H3,(H2,25,26,27,28,33). The summed E-state index contributed by atoms with van der Waals surface area (Å²) in [5, 5.41) is 4.77. The molecule has 1 aliphatic heterocycles. The summed E-state index contributed by atoms with van der Waals surface area (Å²) in [6.45, 7) is 3.53. The van der Waals surface area contributed by atoms with Crippen LogP contribution in [0.25, 0.3) is 6.08 Å². The largest absolute Gasteiger partial charge is 0.493 e. The minimum absolute atomic E-state index is 0.0198. The van der Waals surface area contributed by atoms with E-state index in [1.54, 1.807) is 12.1 Å². The van der Waals surface area contributed by atoms with E-state index in [-0.39, 0.29) is 10.7 Å². The molecule has 10 heteroatoms. The van der Waals surface area contributed by atoms with Gasteiger partial charge in [-0.2, -0.15) is 0 Å². The minimum atomic E-state index is -0.567. The Hall–Kier alpha value is -2.95. The number of rotatable bonds is 10. The van der Waals surface area contributed by atoms with Gasteiger partial charge >= 0.3 is 0 Å². The lowest BCUT2D eigenvalue weighted by Crippen LogP contribution is -2.51. The lowest BCUT2D eigenvalue weighted by molar-refractivity contribution is -0.123. The number of ether oxygens (including phenoxy) is 4. The van der Waals surface area contributed by atoms with Crippen molar-refractivity contribution >= 4 is 51.2 Å². The summed E-state index contributed by atoms with van der Waals surface area (Å²) >= 11 is 8.26. The van der Waals surface area contributed by atoms with Crippen molar-refractivity contribution in [3.05, 3.63) is 57.6 Å². The smallest absolute Gasteiger partial charge is 0.263 e. The number of hydrogen-bond acceptors (Lipinski definition) is 7. The van der Waals surface area contributed by atoms with Crippen molar-refractivity contribution in [3.63, 3.8) is 0 Å². The van der Waals surface area contributed by atoms with Crippen LogP contribution in [-0.2, 0) is 14.3 Å². The number of methoxy groups -OCH3 is 1. The van der Waals surface area contributed by atoms with Crippen molar-refractivity contribution in [1.29, 1.82) is 0 Å². The number of amides is 2. The molecule has 2 amide bonds. The molecule has 1 aliphatic rings. The number of aryl methyl sites for hydroxylation is 1. The Morgan fingerprint density at radius 1 is 1.00 bits per heavy atom. The van der Waals surface area contributed by atoms with Crippen LogP contribution in [0.1, 0.15) is 11.1 Å². The van der Waals surface area contributed by atoms with E-state index in [2.05, 4.69) is 26.6 Å². The number of hydrogen-bond donors (Lipinski definition) is 2. The van der Waals surface area contributed by atoms with Gasteiger partial charge in [0, 0.05) is 0 Å². The van der Waals surface area contributed by atoms with Crippen LogP contribution in [0.15, 0.2) is 46.4 Å². The van der Waals surface area contributed by atoms with Crippen LogP contribution in [0.5, 0.6) is 17.2 Å². The molecule has 2 aromatic rings. The Morgan fingerprint density at radius 2 is 1.70 bits per heavy atom. The number of halogens is 1.